The minimum Gasteiger partial charge on any atom is -0.358 e. The first-order valence-corrected chi connectivity index (χ1v) is 7.59. The largest absolute Gasteiger partial charge is 0.358 e. The Bertz CT molecular complexity index is 297. The van der Waals surface area contributed by atoms with E-state index in [1.54, 1.807) is 7.05 Å². The zero-order valence-corrected chi connectivity index (χ0v) is 12.3. The van der Waals surface area contributed by atoms with Crippen molar-refractivity contribution in [3.05, 3.63) is 0 Å². The predicted octanol–water partition coefficient (Wildman–Crippen LogP) is -0.119. The quantitative estimate of drug-likeness (QED) is 0.746. The summed E-state index contributed by atoms with van der Waals surface area (Å²) in [6.45, 7) is 5.02. The van der Waals surface area contributed by atoms with Crippen LogP contribution in [-0.4, -0.2) is 74.6 Å². The van der Waals surface area contributed by atoms with Crippen molar-refractivity contribution in [1.82, 2.24) is 20.4 Å². The number of nitrogens with one attached hydrogen (secondary N) is 2. The summed E-state index contributed by atoms with van der Waals surface area (Å²) in [6.07, 6.45) is 5.19. The van der Waals surface area contributed by atoms with E-state index in [9.17, 15) is 4.79 Å². The van der Waals surface area contributed by atoms with Gasteiger partial charge in [0.25, 0.3) is 0 Å². The first-order chi connectivity index (χ1) is 9.22. The molecule has 0 aliphatic carbocycles. The Morgan fingerprint density at radius 2 is 2.21 bits per heavy atom. The molecule has 0 aromatic heterocycles. The van der Waals surface area contributed by atoms with E-state index in [0.29, 0.717) is 6.04 Å². The number of hydrogen-bond donors (Lipinski definition) is 2. The van der Waals surface area contributed by atoms with Crippen molar-refractivity contribution in [3.63, 3.8) is 0 Å². The molecular weight excluding hydrogens is 240 g/mol. The van der Waals surface area contributed by atoms with Gasteiger partial charge in [-0.3, -0.25) is 9.69 Å². The Balaban J connectivity index is 1.83. The summed E-state index contributed by atoms with van der Waals surface area (Å²) in [4.78, 5) is 16.7. The molecule has 5 nitrogen and oxygen atoms in total. The van der Waals surface area contributed by atoms with Crippen LogP contribution in [-0.2, 0) is 4.79 Å². The van der Waals surface area contributed by atoms with Crippen LogP contribution in [0.25, 0.3) is 0 Å². The average molecular weight is 268 g/mol. The van der Waals surface area contributed by atoms with Gasteiger partial charge in [-0.2, -0.15) is 0 Å². The van der Waals surface area contributed by atoms with E-state index >= 15 is 0 Å². The molecule has 2 N–H and O–H groups in total. The number of likely N-dealkylation sites (N-methyl/N-ethyl adjacent to an activating group) is 1. The maximum atomic E-state index is 11.9. The molecule has 5 heteroatoms. The maximum absolute atomic E-state index is 11.9. The van der Waals surface area contributed by atoms with Crippen LogP contribution in [0.1, 0.15) is 25.7 Å². The van der Waals surface area contributed by atoms with Gasteiger partial charge in [0.15, 0.2) is 0 Å². The molecule has 2 saturated heterocycles. The molecular formula is C14H28N4O. The highest BCUT2D eigenvalue weighted by Gasteiger charge is 2.28. The molecule has 0 saturated carbocycles. The smallest absolute Gasteiger partial charge is 0.238 e. The fourth-order valence-corrected chi connectivity index (χ4v) is 3.26. The summed E-state index contributed by atoms with van der Waals surface area (Å²) in [6, 6.07) is 0.710. The van der Waals surface area contributed by atoms with Crippen molar-refractivity contribution in [2.75, 3.05) is 46.8 Å². The Labute approximate surface area is 116 Å². The number of likely N-dealkylation sites (tertiary alicyclic amines) is 1. The summed E-state index contributed by atoms with van der Waals surface area (Å²) >= 11 is 0. The normalized spacial score (nSPS) is 30.2. The summed E-state index contributed by atoms with van der Waals surface area (Å²) in [5.74, 6) is 0.143. The van der Waals surface area contributed by atoms with Crippen molar-refractivity contribution in [2.45, 2.75) is 37.8 Å². The van der Waals surface area contributed by atoms with E-state index in [2.05, 4.69) is 27.5 Å². The zero-order valence-electron chi connectivity index (χ0n) is 12.3. The minimum absolute atomic E-state index is 0.00708. The molecule has 2 rings (SSSR count). The molecule has 2 unspecified atom stereocenters. The summed E-state index contributed by atoms with van der Waals surface area (Å²) in [5.41, 5.74) is 0. The molecule has 2 fully saturated rings. The van der Waals surface area contributed by atoms with Crippen LogP contribution in [0.5, 0.6) is 0 Å². The van der Waals surface area contributed by atoms with Crippen molar-refractivity contribution in [3.8, 4) is 0 Å². The van der Waals surface area contributed by atoms with Gasteiger partial charge in [-0.1, -0.05) is 6.42 Å². The molecule has 0 bridgehead atoms. The third-order valence-electron chi connectivity index (χ3n) is 4.57. The molecule has 2 aliphatic rings. The molecule has 0 aromatic rings. The van der Waals surface area contributed by atoms with Crippen LogP contribution < -0.4 is 10.6 Å². The van der Waals surface area contributed by atoms with Crippen molar-refractivity contribution in [2.24, 2.45) is 0 Å². The van der Waals surface area contributed by atoms with Crippen molar-refractivity contribution >= 4 is 5.91 Å². The molecule has 2 aliphatic heterocycles. The highest BCUT2D eigenvalue weighted by molar-refractivity contribution is 5.81. The number of carbonyl (C=O) groups excluding carboxylic acids is 1. The third kappa shape index (κ3) is 3.91. The van der Waals surface area contributed by atoms with Crippen LogP contribution in [0.3, 0.4) is 0 Å². The van der Waals surface area contributed by atoms with Crippen molar-refractivity contribution in [1.29, 1.82) is 0 Å². The number of hydrogen-bond acceptors (Lipinski definition) is 4. The lowest BCUT2D eigenvalue weighted by Crippen LogP contribution is -2.58. The molecule has 2 heterocycles. The highest BCUT2D eigenvalue weighted by atomic mass is 16.2. The summed E-state index contributed by atoms with van der Waals surface area (Å²) < 4.78 is 0. The van der Waals surface area contributed by atoms with Crippen LogP contribution in [0.4, 0.5) is 0 Å². The number of rotatable bonds is 4. The van der Waals surface area contributed by atoms with Gasteiger partial charge in [0.05, 0.1) is 0 Å². The number of piperidine rings is 1. The van der Waals surface area contributed by atoms with E-state index < -0.39 is 0 Å². The van der Waals surface area contributed by atoms with E-state index in [0.717, 1.165) is 26.2 Å². The Morgan fingerprint density at radius 1 is 1.37 bits per heavy atom. The van der Waals surface area contributed by atoms with Gasteiger partial charge in [0.2, 0.25) is 5.91 Å². The predicted molar refractivity (Wildman–Crippen MR) is 77.2 cm³/mol. The second-order valence-corrected chi connectivity index (χ2v) is 5.79. The minimum atomic E-state index is 0.00708. The van der Waals surface area contributed by atoms with Gasteiger partial charge in [-0.25, -0.2) is 0 Å². The Hall–Kier alpha value is -0.650. The first-order valence-electron chi connectivity index (χ1n) is 7.59. The second-order valence-electron chi connectivity index (χ2n) is 5.79. The highest BCUT2D eigenvalue weighted by Crippen LogP contribution is 2.18. The van der Waals surface area contributed by atoms with Gasteiger partial charge < -0.3 is 15.5 Å². The topological polar surface area (TPSA) is 47.6 Å². The molecule has 110 valence electrons. The lowest BCUT2D eigenvalue weighted by Gasteiger charge is -2.38. The van der Waals surface area contributed by atoms with Gasteiger partial charge in [0, 0.05) is 39.3 Å². The first kappa shape index (κ1) is 14.8. The lowest BCUT2D eigenvalue weighted by atomic mass is 9.99. The number of piperazine rings is 1. The molecule has 0 spiro atoms. The van der Waals surface area contributed by atoms with E-state index in [1.807, 2.05) is 0 Å². The van der Waals surface area contributed by atoms with Crippen LogP contribution >= 0.6 is 0 Å². The second kappa shape index (κ2) is 7.22. The maximum Gasteiger partial charge on any atom is 0.238 e. The molecule has 1 amide bonds. The van der Waals surface area contributed by atoms with Gasteiger partial charge >= 0.3 is 0 Å². The fourth-order valence-electron chi connectivity index (χ4n) is 3.26. The van der Waals surface area contributed by atoms with Crippen molar-refractivity contribution < 1.29 is 4.79 Å². The molecule has 19 heavy (non-hydrogen) atoms. The molecule has 2 atom stereocenters. The average Bonchev–Trinajstić information content (AvgIpc) is 2.46. The van der Waals surface area contributed by atoms with Gasteiger partial charge in [-0.15, -0.1) is 0 Å². The number of nitrogens with zero attached hydrogens (tertiary/aromatic N) is 2. The van der Waals surface area contributed by atoms with Crippen LogP contribution in [0, 0.1) is 0 Å². The van der Waals surface area contributed by atoms with E-state index in [1.165, 1.54) is 32.2 Å². The van der Waals surface area contributed by atoms with Gasteiger partial charge in [0.1, 0.15) is 6.04 Å². The zero-order chi connectivity index (χ0) is 13.7. The summed E-state index contributed by atoms with van der Waals surface area (Å²) in [5, 5.41) is 6.09. The molecule has 0 radical (unpaired) electrons. The van der Waals surface area contributed by atoms with E-state index in [4.69, 9.17) is 0 Å². The Morgan fingerprint density at radius 3 is 2.95 bits per heavy atom. The Kier molecular flexibility index (Phi) is 5.60. The number of amides is 1. The SMILES string of the molecule is CNC(=O)C1CNCCN1CCC1CCCCN1C. The lowest BCUT2D eigenvalue weighted by molar-refractivity contribution is -0.126. The molecule has 0 aromatic carbocycles. The van der Waals surface area contributed by atoms with Crippen LogP contribution in [0.2, 0.25) is 0 Å². The third-order valence-corrected chi connectivity index (χ3v) is 4.57. The standard InChI is InChI=1S/C14H28N4O/c1-15-14(19)13-11-16-7-10-18(13)9-6-12-5-3-4-8-17(12)2/h12-13,16H,3-11H2,1-2H3,(H,15,19). The monoisotopic (exact) mass is 268 g/mol. The van der Waals surface area contributed by atoms with Gasteiger partial charge in [-0.05, 0) is 32.9 Å². The van der Waals surface area contributed by atoms with Crippen LogP contribution in [0.15, 0.2) is 0 Å². The fraction of sp³-hybridized carbons (Fsp3) is 0.929. The van der Waals surface area contributed by atoms with E-state index in [-0.39, 0.29) is 11.9 Å². The summed E-state index contributed by atoms with van der Waals surface area (Å²) in [7, 11) is 3.96. The number of carbonyl (C=O) groups is 1.